The van der Waals surface area contributed by atoms with Crippen LogP contribution in [0.3, 0.4) is 0 Å². The number of aromatic nitrogens is 2. The highest BCUT2D eigenvalue weighted by atomic mass is 32.1. The Morgan fingerprint density at radius 2 is 2.41 bits per heavy atom. The monoisotopic (exact) mass is 259 g/mol. The largest absolute Gasteiger partial charge is 0.388 e. The molecule has 0 amide bonds. The van der Waals surface area contributed by atoms with E-state index in [0.29, 0.717) is 5.13 Å². The van der Waals surface area contributed by atoms with E-state index < -0.39 is 30.1 Å². The van der Waals surface area contributed by atoms with Crippen molar-refractivity contribution in [2.75, 3.05) is 11.9 Å². The zero-order valence-electron chi connectivity index (χ0n) is 9.11. The van der Waals surface area contributed by atoms with Crippen LogP contribution in [0.5, 0.6) is 0 Å². The van der Waals surface area contributed by atoms with Crippen molar-refractivity contribution in [2.24, 2.45) is 0 Å². The molecule has 7 nitrogen and oxygen atoms in total. The molecule has 94 valence electrons. The van der Waals surface area contributed by atoms with E-state index in [1.807, 2.05) is 0 Å². The van der Waals surface area contributed by atoms with Gasteiger partial charge in [0.2, 0.25) is 5.13 Å². The predicted octanol–water partition coefficient (Wildman–Crippen LogP) is -0.814. The van der Waals surface area contributed by atoms with Gasteiger partial charge in [-0.3, -0.25) is 0 Å². The van der Waals surface area contributed by atoms with Gasteiger partial charge in [-0.05, 0) is 6.92 Å². The van der Waals surface area contributed by atoms with Crippen LogP contribution in [0.25, 0.3) is 0 Å². The van der Waals surface area contributed by atoms with E-state index in [0.717, 1.165) is 0 Å². The Morgan fingerprint density at radius 3 is 3.12 bits per heavy atom. The SMILES string of the molecule is C[C@@]12CO[C@@H](O1)[C@@H](Nc1nncs1)[C@@H](O)[C@H]2O. The van der Waals surface area contributed by atoms with E-state index >= 15 is 0 Å². The molecule has 0 radical (unpaired) electrons. The van der Waals surface area contributed by atoms with Crippen LogP contribution < -0.4 is 5.32 Å². The standard InChI is InChI=1S/C9H13N3O4S/c1-9-2-15-7(16-9)4(5(13)6(9)14)11-8-12-10-3-17-8/h3-7,13-14H,2H2,1H3,(H,11,12)/t4-,5+,6+,7-,9-/m0/s1. The number of nitrogens with one attached hydrogen (secondary N) is 1. The number of aliphatic hydroxyl groups is 2. The highest BCUT2D eigenvalue weighted by Gasteiger charge is 2.56. The van der Waals surface area contributed by atoms with Gasteiger partial charge in [0.1, 0.15) is 29.4 Å². The molecule has 2 saturated heterocycles. The summed E-state index contributed by atoms with van der Waals surface area (Å²) >= 11 is 1.31. The number of fused-ring (bicyclic) bond motifs is 2. The van der Waals surface area contributed by atoms with Gasteiger partial charge in [0.05, 0.1) is 6.61 Å². The van der Waals surface area contributed by atoms with Gasteiger partial charge in [-0.2, -0.15) is 0 Å². The van der Waals surface area contributed by atoms with Crippen molar-refractivity contribution in [2.45, 2.75) is 37.1 Å². The van der Waals surface area contributed by atoms with Crippen LogP contribution in [-0.4, -0.2) is 57.2 Å². The molecule has 17 heavy (non-hydrogen) atoms. The second-order valence-corrected chi connectivity index (χ2v) is 5.29. The van der Waals surface area contributed by atoms with Crippen molar-refractivity contribution in [3.05, 3.63) is 5.51 Å². The summed E-state index contributed by atoms with van der Waals surface area (Å²) in [6.45, 7) is 1.99. The van der Waals surface area contributed by atoms with E-state index in [9.17, 15) is 10.2 Å². The molecule has 8 heteroatoms. The number of rotatable bonds is 2. The van der Waals surface area contributed by atoms with Gasteiger partial charge in [0.15, 0.2) is 6.29 Å². The van der Waals surface area contributed by atoms with E-state index in [-0.39, 0.29) is 6.61 Å². The summed E-state index contributed by atoms with van der Waals surface area (Å²) in [6, 6.07) is -0.548. The Hall–Kier alpha value is -0.800. The Labute approximate surface area is 101 Å². The van der Waals surface area contributed by atoms with Crippen molar-refractivity contribution < 1.29 is 19.7 Å². The minimum Gasteiger partial charge on any atom is -0.388 e. The molecular weight excluding hydrogens is 246 g/mol. The second kappa shape index (κ2) is 3.85. The number of aliphatic hydroxyl groups excluding tert-OH is 2. The minimum absolute atomic E-state index is 0.268. The minimum atomic E-state index is -0.994. The molecule has 1 aromatic heterocycles. The molecule has 5 atom stereocenters. The van der Waals surface area contributed by atoms with Crippen molar-refractivity contribution in [3.63, 3.8) is 0 Å². The number of hydrogen-bond acceptors (Lipinski definition) is 8. The normalized spacial score (nSPS) is 44.9. The molecule has 0 spiro atoms. The topological polar surface area (TPSA) is 96.7 Å². The van der Waals surface area contributed by atoms with Gasteiger partial charge in [0, 0.05) is 0 Å². The molecule has 3 rings (SSSR count). The molecule has 2 aliphatic heterocycles. The smallest absolute Gasteiger partial charge is 0.205 e. The van der Waals surface area contributed by atoms with Crippen molar-refractivity contribution in [1.29, 1.82) is 0 Å². The number of ether oxygens (including phenoxy) is 2. The maximum absolute atomic E-state index is 10.1. The second-order valence-electron chi connectivity index (χ2n) is 4.46. The predicted molar refractivity (Wildman–Crippen MR) is 58.6 cm³/mol. The summed E-state index contributed by atoms with van der Waals surface area (Å²) in [5, 5.41) is 31.1. The van der Waals surface area contributed by atoms with Crippen LogP contribution in [-0.2, 0) is 9.47 Å². The summed E-state index contributed by atoms with van der Waals surface area (Å²) in [5.41, 5.74) is 0.748. The Morgan fingerprint density at radius 1 is 1.59 bits per heavy atom. The van der Waals surface area contributed by atoms with Gasteiger partial charge in [-0.25, -0.2) is 0 Å². The summed E-state index contributed by atoms with van der Waals surface area (Å²) in [6.07, 6.45) is -2.54. The zero-order chi connectivity index (χ0) is 12.0. The van der Waals surface area contributed by atoms with Crippen LogP contribution in [0.2, 0.25) is 0 Å². The van der Waals surface area contributed by atoms with Crippen LogP contribution in [0.1, 0.15) is 6.92 Å². The maximum Gasteiger partial charge on any atom is 0.205 e. The number of anilines is 1. The van der Waals surface area contributed by atoms with Crippen molar-refractivity contribution >= 4 is 16.5 Å². The molecule has 0 aliphatic carbocycles. The Kier molecular flexibility index (Phi) is 2.56. The van der Waals surface area contributed by atoms with Gasteiger partial charge in [-0.1, -0.05) is 11.3 Å². The number of hydrogen-bond donors (Lipinski definition) is 3. The average Bonchev–Trinajstić information content (AvgIpc) is 2.91. The molecule has 3 heterocycles. The quantitative estimate of drug-likeness (QED) is 0.639. The maximum atomic E-state index is 10.1. The summed E-state index contributed by atoms with van der Waals surface area (Å²) in [5.74, 6) is 0. The third-order valence-electron chi connectivity index (χ3n) is 3.18. The Balaban J connectivity index is 1.81. The summed E-state index contributed by atoms with van der Waals surface area (Å²) in [7, 11) is 0. The lowest BCUT2D eigenvalue weighted by molar-refractivity contribution is -0.208. The van der Waals surface area contributed by atoms with E-state index in [2.05, 4.69) is 15.5 Å². The van der Waals surface area contributed by atoms with E-state index in [1.165, 1.54) is 11.3 Å². The highest BCUT2D eigenvalue weighted by Crippen LogP contribution is 2.37. The van der Waals surface area contributed by atoms with Crippen LogP contribution >= 0.6 is 11.3 Å². The fourth-order valence-electron chi connectivity index (χ4n) is 2.16. The van der Waals surface area contributed by atoms with Gasteiger partial charge >= 0.3 is 0 Å². The first-order valence-corrected chi connectivity index (χ1v) is 6.16. The van der Waals surface area contributed by atoms with Crippen molar-refractivity contribution in [1.82, 2.24) is 10.2 Å². The van der Waals surface area contributed by atoms with E-state index in [4.69, 9.17) is 9.47 Å². The molecule has 0 aromatic carbocycles. The van der Waals surface area contributed by atoms with Gasteiger partial charge in [0.25, 0.3) is 0 Å². The van der Waals surface area contributed by atoms with E-state index in [1.54, 1.807) is 12.4 Å². The Bertz CT molecular complexity index is 403. The van der Waals surface area contributed by atoms with Crippen LogP contribution in [0, 0.1) is 0 Å². The molecule has 1 aromatic rings. The highest BCUT2D eigenvalue weighted by molar-refractivity contribution is 7.13. The molecule has 2 bridgehead atoms. The average molecular weight is 259 g/mol. The molecule has 3 N–H and O–H groups in total. The fourth-order valence-corrected chi connectivity index (χ4v) is 2.66. The van der Waals surface area contributed by atoms with Gasteiger partial charge in [-0.15, -0.1) is 10.2 Å². The zero-order valence-corrected chi connectivity index (χ0v) is 9.92. The molecular formula is C9H13N3O4S. The lowest BCUT2D eigenvalue weighted by Crippen LogP contribution is -2.61. The summed E-state index contributed by atoms with van der Waals surface area (Å²) < 4.78 is 11.0. The molecule has 2 fully saturated rings. The molecule has 2 aliphatic rings. The molecule has 0 unspecified atom stereocenters. The lowest BCUT2D eigenvalue weighted by Gasteiger charge is -2.40. The first-order valence-electron chi connectivity index (χ1n) is 5.28. The molecule has 0 saturated carbocycles. The van der Waals surface area contributed by atoms with Crippen LogP contribution in [0.15, 0.2) is 5.51 Å². The first-order chi connectivity index (χ1) is 8.10. The third-order valence-corrected chi connectivity index (χ3v) is 3.80. The summed E-state index contributed by atoms with van der Waals surface area (Å²) in [4.78, 5) is 0. The lowest BCUT2D eigenvalue weighted by atomic mass is 9.89. The third kappa shape index (κ3) is 1.72. The first kappa shape index (κ1) is 11.3. The van der Waals surface area contributed by atoms with Crippen LogP contribution in [0.4, 0.5) is 5.13 Å². The fraction of sp³-hybridized carbons (Fsp3) is 0.778. The van der Waals surface area contributed by atoms with Gasteiger partial charge < -0.3 is 25.0 Å². The number of nitrogens with zero attached hydrogens (tertiary/aromatic N) is 2. The van der Waals surface area contributed by atoms with Crippen molar-refractivity contribution in [3.8, 4) is 0 Å².